The van der Waals surface area contributed by atoms with Gasteiger partial charge in [0, 0.05) is 33.1 Å². The first-order chi connectivity index (χ1) is 24.6. The molecule has 0 bridgehead atoms. The molecule has 0 fully saturated rings. The molecule has 0 radical (unpaired) electrons. The van der Waals surface area contributed by atoms with Gasteiger partial charge in [0.05, 0.1) is 46.8 Å². The molecule has 50 heavy (non-hydrogen) atoms. The molecule has 0 saturated heterocycles. The van der Waals surface area contributed by atoms with E-state index in [2.05, 4.69) is 97.7 Å². The van der Waals surface area contributed by atoms with Crippen LogP contribution < -0.4 is 0 Å². The Morgan fingerprint density at radius 1 is 0.460 bits per heavy atom. The molecule has 0 aliphatic heterocycles. The summed E-state index contributed by atoms with van der Waals surface area (Å²) in [5.41, 5.74) is 12.1. The maximum atomic E-state index is 9.59. The summed E-state index contributed by atoms with van der Waals surface area (Å²) in [6.45, 7) is 15.4. The van der Waals surface area contributed by atoms with Crippen LogP contribution in [0.25, 0.3) is 86.9 Å². The third kappa shape index (κ3) is 4.45. The largest absolute Gasteiger partial charge is 0.310 e. The van der Waals surface area contributed by atoms with E-state index in [1.54, 1.807) is 0 Å². The maximum absolute atomic E-state index is 9.59. The molecule has 0 spiro atoms. The number of benzene rings is 7. The van der Waals surface area contributed by atoms with E-state index in [1.165, 1.54) is 0 Å². The van der Waals surface area contributed by atoms with E-state index in [-0.39, 0.29) is 0 Å². The minimum absolute atomic E-state index is 0.560. The smallest absolute Gasteiger partial charge is 0.189 e. The Bertz CT molecular complexity index is 2970. The minimum Gasteiger partial charge on any atom is -0.310 e. The van der Waals surface area contributed by atoms with Crippen molar-refractivity contribution in [3.8, 4) is 39.7 Å². The lowest BCUT2D eigenvalue weighted by Crippen LogP contribution is -1.97. The fraction of sp³-hybridized carbons (Fsp3) is 0. The monoisotopic (exact) mass is 635 g/mol. The number of hydrogen-bond acceptors (Lipinski definition) is 1. The molecule has 0 N–H and O–H groups in total. The van der Waals surface area contributed by atoms with E-state index in [9.17, 15) is 5.26 Å². The Labute approximate surface area is 288 Å². The Morgan fingerprint density at radius 3 is 1.80 bits per heavy atom. The fourth-order valence-corrected chi connectivity index (χ4v) is 7.32. The van der Waals surface area contributed by atoms with E-state index < -0.39 is 0 Å². The molecule has 2 heterocycles. The fourth-order valence-electron chi connectivity index (χ4n) is 7.32. The van der Waals surface area contributed by atoms with Crippen molar-refractivity contribution in [1.29, 1.82) is 5.26 Å². The molecule has 2 aromatic heterocycles. The molecule has 0 aliphatic rings. The lowest BCUT2D eigenvalue weighted by Gasteiger charge is -2.16. The minimum atomic E-state index is 0.560. The molecule has 5 nitrogen and oxygen atoms in total. The van der Waals surface area contributed by atoms with Crippen LogP contribution in [0.1, 0.15) is 5.56 Å². The molecule has 230 valence electrons. The molecule has 7 aromatic carbocycles. The molecular weight excluding hydrogens is 611 g/mol. The highest BCUT2D eigenvalue weighted by Gasteiger charge is 2.18. The average molecular weight is 636 g/mol. The second kappa shape index (κ2) is 11.4. The normalized spacial score (nSPS) is 11.1. The second-order valence-corrected chi connectivity index (χ2v) is 12.3. The van der Waals surface area contributed by atoms with Gasteiger partial charge in [0.25, 0.3) is 0 Å². The molecule has 0 unspecified atom stereocenters. The highest BCUT2D eigenvalue weighted by molar-refractivity contribution is 6.11. The van der Waals surface area contributed by atoms with Crippen LogP contribution in [0.15, 0.2) is 152 Å². The summed E-state index contributed by atoms with van der Waals surface area (Å²) in [5.74, 6) is 0. The standard InChI is InChI=1S/C45H25N5/c1-47-33-19-22-44-40(26-33)38-14-4-6-16-42(38)50(44)45-27-34(48-2)18-20-36(45)32-11-7-9-30(24-32)31-10-8-12-35(25-31)49-41-15-5-3-13-37(41)39-23-29(28-46)17-21-43(39)49/h3-27H. The van der Waals surface area contributed by atoms with Gasteiger partial charge in [0.15, 0.2) is 11.4 Å². The van der Waals surface area contributed by atoms with Gasteiger partial charge in [-0.2, -0.15) is 5.26 Å². The molecule has 9 aromatic rings. The van der Waals surface area contributed by atoms with Crippen molar-refractivity contribution >= 4 is 55.0 Å². The number of nitriles is 1. The van der Waals surface area contributed by atoms with E-state index in [0.29, 0.717) is 16.9 Å². The zero-order valence-corrected chi connectivity index (χ0v) is 26.7. The molecule has 9 rings (SSSR count). The van der Waals surface area contributed by atoms with Gasteiger partial charge in [-0.05, 0) is 88.8 Å². The third-order valence-corrected chi connectivity index (χ3v) is 9.55. The van der Waals surface area contributed by atoms with Gasteiger partial charge >= 0.3 is 0 Å². The zero-order valence-electron chi connectivity index (χ0n) is 26.7. The summed E-state index contributed by atoms with van der Waals surface area (Å²) in [4.78, 5) is 7.48. The van der Waals surface area contributed by atoms with Gasteiger partial charge in [-0.1, -0.05) is 84.9 Å². The van der Waals surface area contributed by atoms with Crippen molar-refractivity contribution in [2.24, 2.45) is 0 Å². The average Bonchev–Trinajstić information content (AvgIpc) is 3.69. The van der Waals surface area contributed by atoms with E-state index in [0.717, 1.165) is 77.2 Å². The van der Waals surface area contributed by atoms with Crippen LogP contribution in [0.3, 0.4) is 0 Å². The van der Waals surface area contributed by atoms with E-state index >= 15 is 0 Å². The number of aromatic nitrogens is 2. The lowest BCUT2D eigenvalue weighted by molar-refractivity contribution is 1.18. The molecule has 5 heteroatoms. The highest BCUT2D eigenvalue weighted by atomic mass is 15.0. The van der Waals surface area contributed by atoms with Crippen molar-refractivity contribution < 1.29 is 0 Å². The van der Waals surface area contributed by atoms with Crippen molar-refractivity contribution in [1.82, 2.24) is 9.13 Å². The first-order valence-electron chi connectivity index (χ1n) is 16.2. The molecule has 0 atom stereocenters. The van der Waals surface area contributed by atoms with Crippen molar-refractivity contribution in [3.63, 3.8) is 0 Å². The topological polar surface area (TPSA) is 42.4 Å². The number of para-hydroxylation sites is 2. The molecular formula is C45H25N5. The number of rotatable bonds is 4. The summed E-state index contributed by atoms with van der Waals surface area (Å²) < 4.78 is 4.48. The van der Waals surface area contributed by atoms with Gasteiger partial charge in [0.1, 0.15) is 0 Å². The summed E-state index contributed by atoms with van der Waals surface area (Å²) in [5, 5.41) is 13.8. The highest BCUT2D eigenvalue weighted by Crippen LogP contribution is 2.40. The third-order valence-electron chi connectivity index (χ3n) is 9.55. The Hall–Kier alpha value is -7.39. The SMILES string of the molecule is [C-]#[N+]c1ccc(-c2cccc(-c3cccc(-n4c5ccccc5c5cc(C#N)ccc54)c3)c2)c(-n2c3ccccc3c3cc([N+]#[C-])ccc32)c1. The van der Waals surface area contributed by atoms with Crippen LogP contribution >= 0.6 is 0 Å². The van der Waals surface area contributed by atoms with E-state index in [4.69, 9.17) is 13.1 Å². The van der Waals surface area contributed by atoms with Crippen molar-refractivity contribution in [2.45, 2.75) is 0 Å². The Kier molecular flexibility index (Phi) is 6.56. The first-order valence-corrected chi connectivity index (χ1v) is 16.2. The molecule has 0 saturated carbocycles. The van der Waals surface area contributed by atoms with Crippen LogP contribution in [0, 0.1) is 24.5 Å². The van der Waals surface area contributed by atoms with Gasteiger partial charge in [-0.25, -0.2) is 9.69 Å². The summed E-state index contributed by atoms with van der Waals surface area (Å²) in [6, 6.07) is 53.5. The van der Waals surface area contributed by atoms with E-state index in [1.807, 2.05) is 78.9 Å². The van der Waals surface area contributed by atoms with Gasteiger partial charge in [-0.3, -0.25) is 0 Å². The number of fused-ring (bicyclic) bond motifs is 6. The molecule has 0 aliphatic carbocycles. The van der Waals surface area contributed by atoms with Gasteiger partial charge in [0.2, 0.25) is 0 Å². The summed E-state index contributed by atoms with van der Waals surface area (Å²) in [6.07, 6.45) is 0. The van der Waals surface area contributed by atoms with Gasteiger partial charge in [-0.15, -0.1) is 0 Å². The Balaban J connectivity index is 1.22. The first kappa shape index (κ1) is 28.8. The lowest BCUT2D eigenvalue weighted by atomic mass is 9.97. The van der Waals surface area contributed by atoms with Crippen LogP contribution in [0.2, 0.25) is 0 Å². The van der Waals surface area contributed by atoms with Crippen LogP contribution in [0.5, 0.6) is 0 Å². The van der Waals surface area contributed by atoms with Crippen LogP contribution in [0.4, 0.5) is 11.4 Å². The van der Waals surface area contributed by atoms with Crippen molar-refractivity contribution in [2.75, 3.05) is 0 Å². The second-order valence-electron chi connectivity index (χ2n) is 12.3. The number of hydrogen-bond donors (Lipinski definition) is 0. The summed E-state index contributed by atoms with van der Waals surface area (Å²) >= 11 is 0. The molecule has 0 amide bonds. The van der Waals surface area contributed by atoms with Crippen LogP contribution in [-0.2, 0) is 0 Å². The van der Waals surface area contributed by atoms with Crippen LogP contribution in [-0.4, -0.2) is 9.13 Å². The zero-order chi connectivity index (χ0) is 33.8. The van der Waals surface area contributed by atoms with Crippen molar-refractivity contribution in [3.05, 3.63) is 180 Å². The quantitative estimate of drug-likeness (QED) is 0.177. The maximum Gasteiger partial charge on any atom is 0.189 e. The predicted octanol–water partition coefficient (Wildman–Crippen LogP) is 12.2. The summed E-state index contributed by atoms with van der Waals surface area (Å²) in [7, 11) is 0. The Morgan fingerprint density at radius 2 is 1.04 bits per heavy atom. The number of nitrogens with zero attached hydrogens (tertiary/aromatic N) is 5. The predicted molar refractivity (Wildman–Crippen MR) is 203 cm³/mol. The van der Waals surface area contributed by atoms with Gasteiger partial charge < -0.3 is 9.13 Å².